The molecule has 0 saturated heterocycles. The fraction of sp³-hybridized carbons (Fsp3) is 0.417. The maximum atomic E-state index is 12.5. The number of carbonyl (C=O) groups excluding carboxylic acids is 1. The van der Waals surface area contributed by atoms with Crippen molar-refractivity contribution < 1.29 is 23.1 Å². The van der Waals surface area contributed by atoms with Crippen LogP contribution in [0.5, 0.6) is 0 Å². The molecule has 0 radical (unpaired) electrons. The minimum Gasteiger partial charge on any atom is -0.395 e. The predicted molar refractivity (Wildman–Crippen MR) is 54.5 cm³/mol. The third-order valence-electron chi connectivity index (χ3n) is 3.09. The first-order valence-corrected chi connectivity index (χ1v) is 5.22. The molecule has 0 amide bonds. The summed E-state index contributed by atoms with van der Waals surface area (Å²) >= 11 is 0. The van der Waals surface area contributed by atoms with Crippen molar-refractivity contribution in [3.05, 3.63) is 35.4 Å². The first-order chi connectivity index (χ1) is 7.89. The summed E-state index contributed by atoms with van der Waals surface area (Å²) in [6.45, 7) is -0.303. The second-order valence-corrected chi connectivity index (χ2v) is 4.35. The van der Waals surface area contributed by atoms with Gasteiger partial charge in [0.15, 0.2) is 5.78 Å². The number of carbonyl (C=O) groups is 1. The summed E-state index contributed by atoms with van der Waals surface area (Å²) < 4.78 is 37.4. The number of aliphatic hydroxyl groups excluding tert-OH is 1. The van der Waals surface area contributed by atoms with Gasteiger partial charge in [-0.15, -0.1) is 0 Å². The lowest BCUT2D eigenvalue weighted by Crippen LogP contribution is -2.20. The van der Waals surface area contributed by atoms with Gasteiger partial charge in [-0.2, -0.15) is 13.2 Å². The minimum atomic E-state index is -4.45. The van der Waals surface area contributed by atoms with Gasteiger partial charge in [-0.05, 0) is 25.0 Å². The van der Waals surface area contributed by atoms with Crippen LogP contribution in [0.1, 0.15) is 28.8 Å². The first-order valence-electron chi connectivity index (χ1n) is 5.22. The molecular formula is C12H11F3O2. The van der Waals surface area contributed by atoms with Gasteiger partial charge >= 0.3 is 6.18 Å². The highest BCUT2D eigenvalue weighted by molar-refractivity contribution is 6.02. The van der Waals surface area contributed by atoms with Crippen LogP contribution in [0.15, 0.2) is 24.3 Å². The summed E-state index contributed by atoms with van der Waals surface area (Å²) in [5.41, 5.74) is -1.65. The number of hydrogen-bond acceptors (Lipinski definition) is 2. The molecule has 92 valence electrons. The lowest BCUT2D eigenvalue weighted by atomic mass is 9.94. The van der Waals surface area contributed by atoms with Crippen molar-refractivity contribution in [3.8, 4) is 0 Å². The van der Waals surface area contributed by atoms with E-state index in [1.165, 1.54) is 12.1 Å². The lowest BCUT2D eigenvalue weighted by Gasteiger charge is -2.12. The van der Waals surface area contributed by atoms with Crippen LogP contribution in [0, 0.1) is 5.41 Å². The van der Waals surface area contributed by atoms with Crippen LogP contribution in [0.2, 0.25) is 0 Å². The molecule has 1 N–H and O–H groups in total. The number of Topliss-reactive ketones (excluding diaryl/α,β-unsaturated/α-hetero) is 1. The molecular weight excluding hydrogens is 233 g/mol. The highest BCUT2D eigenvalue weighted by Gasteiger charge is 2.49. The zero-order valence-corrected chi connectivity index (χ0v) is 8.92. The van der Waals surface area contributed by atoms with Crippen LogP contribution >= 0.6 is 0 Å². The molecule has 0 bridgehead atoms. The normalized spacial score (nSPS) is 17.9. The standard InChI is InChI=1S/C12H11F3O2/c13-12(14,15)9-3-1-2-8(6-9)10(17)11(7-16)4-5-11/h1-3,6,16H,4-5,7H2. The highest BCUT2D eigenvalue weighted by Crippen LogP contribution is 2.47. The quantitative estimate of drug-likeness (QED) is 0.830. The van der Waals surface area contributed by atoms with Gasteiger partial charge in [0, 0.05) is 5.56 Å². The summed E-state index contributed by atoms with van der Waals surface area (Å²) in [4.78, 5) is 11.9. The number of benzene rings is 1. The molecule has 5 heteroatoms. The van der Waals surface area contributed by atoms with Crippen LogP contribution in [0.25, 0.3) is 0 Å². The van der Waals surface area contributed by atoms with E-state index in [-0.39, 0.29) is 12.2 Å². The molecule has 2 rings (SSSR count). The molecule has 1 aromatic rings. The van der Waals surface area contributed by atoms with Gasteiger partial charge in [0.25, 0.3) is 0 Å². The van der Waals surface area contributed by atoms with E-state index in [0.29, 0.717) is 12.8 Å². The molecule has 1 aromatic carbocycles. The maximum Gasteiger partial charge on any atom is 0.416 e. The molecule has 0 atom stereocenters. The van der Waals surface area contributed by atoms with Crippen molar-refractivity contribution in [2.45, 2.75) is 19.0 Å². The van der Waals surface area contributed by atoms with Gasteiger partial charge in [-0.25, -0.2) is 0 Å². The molecule has 0 spiro atoms. The molecule has 1 fully saturated rings. The Labute approximate surface area is 96.1 Å². The number of aliphatic hydroxyl groups is 1. The van der Waals surface area contributed by atoms with E-state index in [1.54, 1.807) is 0 Å². The summed E-state index contributed by atoms with van der Waals surface area (Å²) in [5.74, 6) is -0.397. The zero-order chi connectivity index (χ0) is 12.7. The molecule has 0 heterocycles. The van der Waals surface area contributed by atoms with Crippen molar-refractivity contribution in [2.24, 2.45) is 5.41 Å². The number of halogens is 3. The monoisotopic (exact) mass is 244 g/mol. The Hall–Kier alpha value is -1.36. The molecule has 0 unspecified atom stereocenters. The fourth-order valence-electron chi connectivity index (χ4n) is 1.75. The Morgan fingerprint density at radius 1 is 1.35 bits per heavy atom. The molecule has 1 aliphatic carbocycles. The van der Waals surface area contributed by atoms with Crippen molar-refractivity contribution in [1.82, 2.24) is 0 Å². The Morgan fingerprint density at radius 3 is 2.47 bits per heavy atom. The van der Waals surface area contributed by atoms with E-state index < -0.39 is 22.9 Å². The van der Waals surface area contributed by atoms with E-state index in [1.807, 2.05) is 0 Å². The maximum absolute atomic E-state index is 12.5. The zero-order valence-electron chi connectivity index (χ0n) is 8.92. The molecule has 1 saturated carbocycles. The van der Waals surface area contributed by atoms with E-state index in [0.717, 1.165) is 12.1 Å². The average Bonchev–Trinajstić information content (AvgIpc) is 3.08. The van der Waals surface area contributed by atoms with Gasteiger partial charge in [-0.1, -0.05) is 12.1 Å². The first kappa shape index (κ1) is 12.1. The second kappa shape index (κ2) is 3.84. The van der Waals surface area contributed by atoms with E-state index in [2.05, 4.69) is 0 Å². The van der Waals surface area contributed by atoms with E-state index >= 15 is 0 Å². The molecule has 0 aliphatic heterocycles. The Kier molecular flexibility index (Phi) is 2.73. The van der Waals surface area contributed by atoms with Gasteiger partial charge in [-0.3, -0.25) is 4.79 Å². The average molecular weight is 244 g/mol. The Balaban J connectivity index is 2.31. The Morgan fingerprint density at radius 2 is 2.00 bits per heavy atom. The number of alkyl halides is 3. The molecule has 17 heavy (non-hydrogen) atoms. The minimum absolute atomic E-state index is 0.0198. The highest BCUT2D eigenvalue weighted by atomic mass is 19.4. The van der Waals surface area contributed by atoms with Crippen molar-refractivity contribution in [1.29, 1.82) is 0 Å². The van der Waals surface area contributed by atoms with Gasteiger partial charge in [0.05, 0.1) is 17.6 Å². The largest absolute Gasteiger partial charge is 0.416 e. The predicted octanol–water partition coefficient (Wildman–Crippen LogP) is 2.66. The van der Waals surface area contributed by atoms with Gasteiger partial charge in [0.2, 0.25) is 0 Å². The van der Waals surface area contributed by atoms with Crippen LogP contribution in [0.4, 0.5) is 13.2 Å². The summed E-state index contributed by atoms with van der Waals surface area (Å²) in [5, 5.41) is 9.07. The van der Waals surface area contributed by atoms with Crippen molar-refractivity contribution in [3.63, 3.8) is 0 Å². The van der Waals surface area contributed by atoms with Crippen molar-refractivity contribution in [2.75, 3.05) is 6.61 Å². The van der Waals surface area contributed by atoms with Crippen LogP contribution in [-0.4, -0.2) is 17.5 Å². The summed E-state index contributed by atoms with van der Waals surface area (Å²) in [7, 11) is 0. The second-order valence-electron chi connectivity index (χ2n) is 4.35. The molecule has 1 aliphatic rings. The molecule has 2 nitrogen and oxygen atoms in total. The van der Waals surface area contributed by atoms with E-state index in [4.69, 9.17) is 5.11 Å². The lowest BCUT2D eigenvalue weighted by molar-refractivity contribution is -0.137. The fourth-order valence-corrected chi connectivity index (χ4v) is 1.75. The number of hydrogen-bond donors (Lipinski definition) is 1. The third-order valence-corrected chi connectivity index (χ3v) is 3.09. The van der Waals surface area contributed by atoms with Gasteiger partial charge < -0.3 is 5.11 Å². The van der Waals surface area contributed by atoms with Gasteiger partial charge in [0.1, 0.15) is 0 Å². The summed E-state index contributed by atoms with van der Waals surface area (Å²) in [6.07, 6.45) is -3.37. The molecule has 0 aromatic heterocycles. The number of ketones is 1. The van der Waals surface area contributed by atoms with Crippen molar-refractivity contribution >= 4 is 5.78 Å². The van der Waals surface area contributed by atoms with Crippen LogP contribution < -0.4 is 0 Å². The number of rotatable bonds is 3. The Bertz CT molecular complexity index is 447. The van der Waals surface area contributed by atoms with Crippen LogP contribution in [0.3, 0.4) is 0 Å². The topological polar surface area (TPSA) is 37.3 Å². The third kappa shape index (κ3) is 2.20. The smallest absolute Gasteiger partial charge is 0.395 e. The SMILES string of the molecule is O=C(c1cccc(C(F)(F)F)c1)C1(CO)CC1. The van der Waals surface area contributed by atoms with E-state index in [9.17, 15) is 18.0 Å². The summed E-state index contributed by atoms with van der Waals surface area (Å²) in [6, 6.07) is 4.34. The van der Waals surface area contributed by atoms with Crippen LogP contribution in [-0.2, 0) is 6.18 Å².